The second-order valence-electron chi connectivity index (χ2n) is 4.97. The second-order valence-corrected chi connectivity index (χ2v) is 5.72. The molecule has 7 nitrogen and oxygen atoms in total. The van der Waals surface area contributed by atoms with Gasteiger partial charge in [0.1, 0.15) is 11.2 Å². The fourth-order valence-electron chi connectivity index (χ4n) is 1.32. The zero-order valence-corrected chi connectivity index (χ0v) is 13.5. The first kappa shape index (κ1) is 17.1. The van der Waals surface area contributed by atoms with Gasteiger partial charge in [0.05, 0.1) is 6.61 Å². The first-order valence-electron chi connectivity index (χ1n) is 6.44. The van der Waals surface area contributed by atoms with Gasteiger partial charge in [0.15, 0.2) is 5.82 Å². The molecular formula is C13H19N3O4S. The van der Waals surface area contributed by atoms with Gasteiger partial charge in [-0.3, -0.25) is 5.32 Å². The lowest BCUT2D eigenvalue weighted by molar-refractivity contribution is -0.136. The summed E-state index contributed by atoms with van der Waals surface area (Å²) in [6, 6.07) is 0. The topological polar surface area (TPSA) is 90.4 Å². The van der Waals surface area contributed by atoms with Gasteiger partial charge in [-0.05, 0) is 34.6 Å². The molecule has 0 aromatic carbocycles. The van der Waals surface area contributed by atoms with Crippen molar-refractivity contribution in [3.63, 3.8) is 0 Å². The number of amides is 1. The number of hydrogen-bond donors (Lipinski definition) is 1. The van der Waals surface area contributed by atoms with Crippen molar-refractivity contribution in [1.82, 2.24) is 9.36 Å². The predicted octanol–water partition coefficient (Wildman–Crippen LogP) is 2.85. The molecule has 0 aliphatic carbocycles. The molecule has 1 amide bonds. The van der Waals surface area contributed by atoms with Crippen LogP contribution in [0.1, 0.15) is 40.4 Å². The number of nitrogens with zero attached hydrogens (tertiary/aromatic N) is 2. The molecule has 0 spiro atoms. The van der Waals surface area contributed by atoms with Crippen LogP contribution >= 0.6 is 11.5 Å². The maximum atomic E-state index is 11.7. The van der Waals surface area contributed by atoms with Crippen LogP contribution in [-0.4, -0.2) is 33.6 Å². The molecule has 0 unspecified atom stereocenters. The Hall–Kier alpha value is -1.96. The molecule has 1 aromatic rings. The maximum absolute atomic E-state index is 11.7. The van der Waals surface area contributed by atoms with Crippen molar-refractivity contribution in [3.8, 4) is 0 Å². The lowest BCUT2D eigenvalue weighted by Gasteiger charge is -2.18. The van der Waals surface area contributed by atoms with E-state index >= 15 is 0 Å². The van der Waals surface area contributed by atoms with Crippen LogP contribution in [0.25, 0.3) is 5.57 Å². The summed E-state index contributed by atoms with van der Waals surface area (Å²) in [5, 5.41) is 2.73. The lowest BCUT2D eigenvalue weighted by atomic mass is 10.2. The Morgan fingerprint density at radius 3 is 2.57 bits per heavy atom. The first-order valence-corrected chi connectivity index (χ1v) is 7.21. The molecule has 0 atom stereocenters. The van der Waals surface area contributed by atoms with Gasteiger partial charge in [0.2, 0.25) is 5.13 Å². The standard InChI is InChI=1S/C13H19N3O4S/c1-6-8(10(17)19-7-2)9-14-11(21-16-9)15-12(18)20-13(3,4)5/h6H,7H2,1-5H3,(H,14,15,16,18)/b8-6-. The van der Waals surface area contributed by atoms with Crippen LogP contribution in [0.2, 0.25) is 0 Å². The van der Waals surface area contributed by atoms with Crippen LogP contribution in [-0.2, 0) is 14.3 Å². The molecule has 0 radical (unpaired) electrons. The van der Waals surface area contributed by atoms with Crippen LogP contribution in [0, 0.1) is 0 Å². The number of hydrogen-bond acceptors (Lipinski definition) is 7. The fraction of sp³-hybridized carbons (Fsp3) is 0.538. The maximum Gasteiger partial charge on any atom is 0.414 e. The van der Waals surface area contributed by atoms with E-state index in [0.717, 1.165) is 11.5 Å². The average Bonchev–Trinajstić information content (AvgIpc) is 2.76. The Balaban J connectivity index is 2.77. The van der Waals surface area contributed by atoms with E-state index in [-0.39, 0.29) is 23.1 Å². The number of carbonyl (C=O) groups excluding carboxylic acids is 2. The van der Waals surface area contributed by atoms with Gasteiger partial charge < -0.3 is 9.47 Å². The quantitative estimate of drug-likeness (QED) is 0.679. The Labute approximate surface area is 127 Å². The number of rotatable bonds is 4. The molecule has 8 heteroatoms. The Morgan fingerprint density at radius 2 is 2.05 bits per heavy atom. The number of nitrogens with one attached hydrogen (secondary N) is 1. The predicted molar refractivity (Wildman–Crippen MR) is 80.0 cm³/mol. The van der Waals surface area contributed by atoms with Crippen molar-refractivity contribution in [1.29, 1.82) is 0 Å². The van der Waals surface area contributed by atoms with Gasteiger partial charge in [-0.25, -0.2) is 9.59 Å². The molecule has 0 aliphatic heterocycles. The van der Waals surface area contributed by atoms with Crippen molar-refractivity contribution < 1.29 is 19.1 Å². The number of aromatic nitrogens is 2. The van der Waals surface area contributed by atoms with Crippen molar-refractivity contribution in [2.75, 3.05) is 11.9 Å². The smallest absolute Gasteiger partial charge is 0.414 e. The van der Waals surface area contributed by atoms with E-state index in [1.54, 1.807) is 40.7 Å². The van der Waals surface area contributed by atoms with E-state index < -0.39 is 17.7 Å². The lowest BCUT2D eigenvalue weighted by Crippen LogP contribution is -2.27. The Kier molecular flexibility index (Phi) is 5.83. The number of esters is 1. The van der Waals surface area contributed by atoms with Crippen molar-refractivity contribution in [2.45, 2.75) is 40.2 Å². The van der Waals surface area contributed by atoms with Gasteiger partial charge >= 0.3 is 12.1 Å². The molecule has 1 rings (SSSR count). The molecule has 0 saturated carbocycles. The van der Waals surface area contributed by atoms with E-state index in [1.807, 2.05) is 0 Å². The second kappa shape index (κ2) is 7.16. The fourth-order valence-corrected chi connectivity index (χ4v) is 1.89. The number of allylic oxidation sites excluding steroid dienone is 1. The molecular weight excluding hydrogens is 294 g/mol. The van der Waals surface area contributed by atoms with Crippen LogP contribution in [0.15, 0.2) is 6.08 Å². The third-order valence-corrected chi connectivity index (χ3v) is 2.69. The number of ether oxygens (including phenoxy) is 2. The third kappa shape index (κ3) is 5.50. The molecule has 0 saturated heterocycles. The van der Waals surface area contributed by atoms with Crippen molar-refractivity contribution >= 4 is 34.3 Å². The zero-order chi connectivity index (χ0) is 16.0. The Morgan fingerprint density at radius 1 is 1.38 bits per heavy atom. The number of carbonyl (C=O) groups is 2. The van der Waals surface area contributed by atoms with Crippen LogP contribution < -0.4 is 5.32 Å². The summed E-state index contributed by atoms with van der Waals surface area (Å²) >= 11 is 0.961. The molecule has 0 aliphatic rings. The van der Waals surface area contributed by atoms with Gasteiger partial charge in [0, 0.05) is 11.5 Å². The summed E-state index contributed by atoms with van der Waals surface area (Å²) in [5.41, 5.74) is -0.345. The van der Waals surface area contributed by atoms with Gasteiger partial charge in [-0.15, -0.1) is 0 Å². The van der Waals surface area contributed by atoms with Gasteiger partial charge in [0.25, 0.3) is 0 Å². The van der Waals surface area contributed by atoms with Crippen LogP contribution in [0.3, 0.4) is 0 Å². The zero-order valence-electron chi connectivity index (χ0n) is 12.7. The highest BCUT2D eigenvalue weighted by Crippen LogP contribution is 2.19. The summed E-state index contributed by atoms with van der Waals surface area (Å²) < 4.78 is 14.0. The summed E-state index contributed by atoms with van der Waals surface area (Å²) in [6.07, 6.45) is 0.945. The molecule has 1 aromatic heterocycles. The van der Waals surface area contributed by atoms with E-state index in [9.17, 15) is 9.59 Å². The minimum absolute atomic E-state index is 0.215. The highest BCUT2D eigenvalue weighted by Gasteiger charge is 2.20. The molecule has 1 heterocycles. The van der Waals surface area contributed by atoms with Crippen molar-refractivity contribution in [2.24, 2.45) is 0 Å². The molecule has 116 valence electrons. The monoisotopic (exact) mass is 313 g/mol. The van der Waals surface area contributed by atoms with E-state index in [0.29, 0.717) is 0 Å². The first-order chi connectivity index (χ1) is 9.76. The van der Waals surface area contributed by atoms with Gasteiger partial charge in [-0.2, -0.15) is 9.36 Å². The minimum atomic E-state index is -0.622. The Bertz CT molecular complexity index is 546. The summed E-state index contributed by atoms with van der Waals surface area (Å²) in [4.78, 5) is 27.4. The van der Waals surface area contributed by atoms with Crippen molar-refractivity contribution in [3.05, 3.63) is 11.9 Å². The highest BCUT2D eigenvalue weighted by molar-refractivity contribution is 7.10. The summed E-state index contributed by atoms with van der Waals surface area (Å²) in [7, 11) is 0. The summed E-state index contributed by atoms with van der Waals surface area (Å²) in [5.74, 6) is -0.284. The minimum Gasteiger partial charge on any atom is -0.462 e. The molecule has 21 heavy (non-hydrogen) atoms. The average molecular weight is 313 g/mol. The molecule has 0 fully saturated rings. The third-order valence-electron chi connectivity index (χ3n) is 2.06. The van der Waals surface area contributed by atoms with Gasteiger partial charge in [-0.1, -0.05) is 6.08 Å². The van der Waals surface area contributed by atoms with Crippen LogP contribution in [0.5, 0.6) is 0 Å². The van der Waals surface area contributed by atoms with Crippen LogP contribution in [0.4, 0.5) is 9.93 Å². The van der Waals surface area contributed by atoms with E-state index in [2.05, 4.69) is 14.7 Å². The molecule has 1 N–H and O–H groups in total. The highest BCUT2D eigenvalue weighted by atomic mass is 32.1. The van der Waals surface area contributed by atoms with E-state index in [1.165, 1.54) is 0 Å². The van der Waals surface area contributed by atoms with E-state index in [4.69, 9.17) is 9.47 Å². The SMILES string of the molecule is C/C=C(\C(=O)OCC)c1nsc(NC(=O)OC(C)(C)C)n1. The largest absolute Gasteiger partial charge is 0.462 e. The molecule has 0 bridgehead atoms. The summed E-state index contributed by atoms with van der Waals surface area (Å²) in [6.45, 7) is 8.96. The normalized spacial score (nSPS) is 12.0. The number of anilines is 1.